The molecule has 3 aromatic rings. The molecule has 0 saturated heterocycles. The Kier molecular flexibility index (Phi) is 3.52. The van der Waals surface area contributed by atoms with Crippen LogP contribution in [0.1, 0.15) is 37.9 Å². The van der Waals surface area contributed by atoms with Gasteiger partial charge in [0, 0.05) is 21.8 Å². The zero-order valence-corrected chi connectivity index (χ0v) is 13.8. The predicted octanol–water partition coefficient (Wildman–Crippen LogP) is 4.04. The van der Waals surface area contributed by atoms with E-state index >= 15 is 0 Å². The van der Waals surface area contributed by atoms with Gasteiger partial charge in [-0.25, -0.2) is 4.98 Å². The van der Waals surface area contributed by atoms with Gasteiger partial charge in [0.15, 0.2) is 0 Å². The van der Waals surface area contributed by atoms with E-state index in [0.717, 1.165) is 0 Å². The summed E-state index contributed by atoms with van der Waals surface area (Å²) in [5, 5.41) is 0.577. The van der Waals surface area contributed by atoms with Crippen LogP contribution in [0, 0.1) is 0 Å². The summed E-state index contributed by atoms with van der Waals surface area (Å²) >= 11 is 11.9. The van der Waals surface area contributed by atoms with Gasteiger partial charge in [-0.1, -0.05) is 35.9 Å². The molecule has 1 aliphatic carbocycles. The molecule has 1 heterocycles. The number of rotatable bonds is 2. The molecule has 1 aromatic heterocycles. The van der Waals surface area contributed by atoms with Gasteiger partial charge < -0.3 is 0 Å². The molecule has 6 heteroatoms. The van der Waals surface area contributed by atoms with Crippen LogP contribution in [0.4, 0.5) is 0 Å². The standard InChI is InChI=1S/C18H10Cl2N2O2/c19-9-14-21-15-16(22(14)11-7-5-10(20)6-8-11)18(24)13-4-2-1-3-12(13)17(15)23/h1-8H,9H2. The largest absolute Gasteiger partial charge is 0.292 e. The third-order valence-electron chi connectivity index (χ3n) is 4.00. The number of aromatic nitrogens is 2. The van der Waals surface area contributed by atoms with Crippen molar-refractivity contribution in [3.8, 4) is 5.69 Å². The van der Waals surface area contributed by atoms with Gasteiger partial charge in [-0.15, -0.1) is 11.6 Å². The van der Waals surface area contributed by atoms with Crippen LogP contribution in [0.3, 0.4) is 0 Å². The van der Waals surface area contributed by atoms with E-state index in [1.807, 2.05) is 0 Å². The van der Waals surface area contributed by atoms with Crippen LogP contribution < -0.4 is 0 Å². The van der Waals surface area contributed by atoms with Gasteiger partial charge >= 0.3 is 0 Å². The van der Waals surface area contributed by atoms with Crippen LogP contribution in [-0.4, -0.2) is 21.1 Å². The summed E-state index contributed by atoms with van der Waals surface area (Å²) < 4.78 is 1.63. The van der Waals surface area contributed by atoms with E-state index in [-0.39, 0.29) is 28.8 Å². The van der Waals surface area contributed by atoms with Gasteiger partial charge in [-0.2, -0.15) is 0 Å². The van der Waals surface area contributed by atoms with Gasteiger partial charge in [0.25, 0.3) is 0 Å². The van der Waals surface area contributed by atoms with Crippen molar-refractivity contribution in [3.05, 3.63) is 81.9 Å². The second-order valence-corrected chi connectivity index (χ2v) is 6.08. The highest BCUT2D eigenvalue weighted by Gasteiger charge is 2.35. The summed E-state index contributed by atoms with van der Waals surface area (Å²) in [7, 11) is 0. The highest BCUT2D eigenvalue weighted by Crippen LogP contribution is 2.30. The predicted molar refractivity (Wildman–Crippen MR) is 91.4 cm³/mol. The van der Waals surface area contributed by atoms with Gasteiger partial charge in [0.2, 0.25) is 11.6 Å². The Morgan fingerprint density at radius 3 is 2.17 bits per heavy atom. The number of alkyl halides is 1. The first-order valence-electron chi connectivity index (χ1n) is 7.23. The molecule has 0 amide bonds. The molecule has 118 valence electrons. The summed E-state index contributed by atoms with van der Waals surface area (Å²) in [6.07, 6.45) is 0. The monoisotopic (exact) mass is 356 g/mol. The first kappa shape index (κ1) is 15.1. The van der Waals surface area contributed by atoms with Crippen molar-refractivity contribution < 1.29 is 9.59 Å². The highest BCUT2D eigenvalue weighted by molar-refractivity contribution is 6.30. The number of hydrogen-bond acceptors (Lipinski definition) is 3. The zero-order valence-electron chi connectivity index (χ0n) is 12.3. The van der Waals surface area contributed by atoms with E-state index in [0.29, 0.717) is 27.7 Å². The molecule has 0 radical (unpaired) electrons. The number of carbonyl (C=O) groups is 2. The minimum absolute atomic E-state index is 0.0759. The van der Waals surface area contributed by atoms with Crippen molar-refractivity contribution in [3.63, 3.8) is 0 Å². The van der Waals surface area contributed by atoms with Crippen molar-refractivity contribution in [1.82, 2.24) is 9.55 Å². The molecule has 4 nitrogen and oxygen atoms in total. The molecule has 0 atom stereocenters. The fraction of sp³-hybridized carbons (Fsp3) is 0.0556. The van der Waals surface area contributed by atoms with E-state index in [1.165, 1.54) is 0 Å². The SMILES string of the molecule is O=C1c2ccccc2C(=O)c2c1nc(CCl)n2-c1ccc(Cl)cc1. The molecule has 4 rings (SSSR count). The number of imidazole rings is 1. The Morgan fingerprint density at radius 2 is 1.54 bits per heavy atom. The summed E-state index contributed by atoms with van der Waals surface area (Å²) in [6.45, 7) is 0. The summed E-state index contributed by atoms with van der Waals surface area (Å²) in [5.74, 6) is 0.0174. The van der Waals surface area contributed by atoms with Crippen LogP contribution in [0.25, 0.3) is 5.69 Å². The number of ketones is 2. The molecule has 0 aliphatic heterocycles. The summed E-state index contributed by atoms with van der Waals surface area (Å²) in [5.41, 5.74) is 1.83. The molecule has 0 spiro atoms. The van der Waals surface area contributed by atoms with Gasteiger partial charge in [0.05, 0.1) is 5.88 Å². The minimum atomic E-state index is -0.265. The average Bonchev–Trinajstić information content (AvgIpc) is 3.00. The van der Waals surface area contributed by atoms with Crippen LogP contribution in [0.5, 0.6) is 0 Å². The minimum Gasteiger partial charge on any atom is -0.292 e. The van der Waals surface area contributed by atoms with E-state index in [9.17, 15) is 9.59 Å². The maximum atomic E-state index is 13.0. The fourth-order valence-corrected chi connectivity index (χ4v) is 3.23. The Morgan fingerprint density at radius 1 is 0.917 bits per heavy atom. The molecule has 2 aromatic carbocycles. The first-order valence-corrected chi connectivity index (χ1v) is 8.15. The lowest BCUT2D eigenvalue weighted by Crippen LogP contribution is -2.23. The third-order valence-corrected chi connectivity index (χ3v) is 4.49. The molecule has 24 heavy (non-hydrogen) atoms. The highest BCUT2D eigenvalue weighted by atomic mass is 35.5. The maximum absolute atomic E-state index is 13.0. The first-order chi connectivity index (χ1) is 11.6. The maximum Gasteiger partial charge on any atom is 0.214 e. The van der Waals surface area contributed by atoms with Crippen molar-refractivity contribution >= 4 is 34.8 Å². The van der Waals surface area contributed by atoms with E-state index in [2.05, 4.69) is 4.98 Å². The van der Waals surface area contributed by atoms with Gasteiger partial charge in [-0.3, -0.25) is 14.2 Å². The quantitative estimate of drug-likeness (QED) is 0.509. The second-order valence-electron chi connectivity index (χ2n) is 5.37. The Labute approximate surface area is 147 Å². The molecular weight excluding hydrogens is 347 g/mol. The fourth-order valence-electron chi connectivity index (χ4n) is 2.93. The van der Waals surface area contributed by atoms with Crippen LogP contribution >= 0.6 is 23.2 Å². The topological polar surface area (TPSA) is 52.0 Å². The molecule has 0 bridgehead atoms. The van der Waals surface area contributed by atoms with Crippen molar-refractivity contribution in [1.29, 1.82) is 0 Å². The molecule has 0 N–H and O–H groups in total. The molecule has 1 aliphatic rings. The van der Waals surface area contributed by atoms with Crippen molar-refractivity contribution in [2.75, 3.05) is 0 Å². The lowest BCUT2D eigenvalue weighted by atomic mass is 9.90. The van der Waals surface area contributed by atoms with Crippen LogP contribution in [-0.2, 0) is 5.88 Å². The number of nitrogens with zero attached hydrogens (tertiary/aromatic N) is 2. The van der Waals surface area contributed by atoms with Crippen molar-refractivity contribution in [2.24, 2.45) is 0 Å². The second kappa shape index (κ2) is 5.58. The number of benzene rings is 2. The van der Waals surface area contributed by atoms with Crippen LogP contribution in [0.2, 0.25) is 5.02 Å². The van der Waals surface area contributed by atoms with Crippen molar-refractivity contribution in [2.45, 2.75) is 5.88 Å². The van der Waals surface area contributed by atoms with E-state index in [1.54, 1.807) is 53.1 Å². The zero-order chi connectivity index (χ0) is 16.8. The number of fused-ring (bicyclic) bond motifs is 2. The molecule has 0 fully saturated rings. The Bertz CT molecular complexity index is 991. The smallest absolute Gasteiger partial charge is 0.214 e. The summed E-state index contributed by atoms with van der Waals surface area (Å²) in [6, 6.07) is 13.7. The number of hydrogen-bond donors (Lipinski definition) is 0. The number of halogens is 2. The van der Waals surface area contributed by atoms with Crippen LogP contribution in [0.15, 0.2) is 48.5 Å². The van der Waals surface area contributed by atoms with E-state index in [4.69, 9.17) is 23.2 Å². The van der Waals surface area contributed by atoms with Gasteiger partial charge in [-0.05, 0) is 24.3 Å². The van der Waals surface area contributed by atoms with E-state index < -0.39 is 0 Å². The normalized spacial score (nSPS) is 12.9. The van der Waals surface area contributed by atoms with Gasteiger partial charge in [0.1, 0.15) is 17.2 Å². The Balaban J connectivity index is 2.01. The molecule has 0 unspecified atom stereocenters. The lowest BCUT2D eigenvalue weighted by molar-refractivity contribution is 0.0972. The lowest BCUT2D eigenvalue weighted by Gasteiger charge is -2.16. The number of carbonyl (C=O) groups excluding carboxylic acids is 2. The Hall–Kier alpha value is -2.43. The third kappa shape index (κ3) is 2.11. The molecule has 0 saturated carbocycles. The molecular formula is C18H10Cl2N2O2. The summed E-state index contributed by atoms with van der Waals surface area (Å²) in [4.78, 5) is 30.0. The average molecular weight is 357 g/mol.